The second-order valence-corrected chi connectivity index (χ2v) is 4.04. The van der Waals surface area contributed by atoms with Crippen molar-refractivity contribution in [1.29, 1.82) is 0 Å². The number of benzene rings is 1. The molecule has 1 saturated heterocycles. The number of alkyl halides is 3. The van der Waals surface area contributed by atoms with Gasteiger partial charge in [0, 0.05) is 30.9 Å². The molecule has 2 N–H and O–H groups in total. The van der Waals surface area contributed by atoms with Gasteiger partial charge in [-0.05, 0) is 18.6 Å². The van der Waals surface area contributed by atoms with Gasteiger partial charge < -0.3 is 15.4 Å². The van der Waals surface area contributed by atoms with E-state index >= 15 is 0 Å². The van der Waals surface area contributed by atoms with E-state index in [9.17, 15) is 13.2 Å². The first kappa shape index (κ1) is 12.0. The van der Waals surface area contributed by atoms with Gasteiger partial charge in [-0.2, -0.15) is 0 Å². The third-order valence-electron chi connectivity index (χ3n) is 2.64. The van der Waals surface area contributed by atoms with E-state index in [0.717, 1.165) is 13.0 Å². The summed E-state index contributed by atoms with van der Waals surface area (Å²) in [6.07, 6.45) is -3.80. The molecule has 1 fully saturated rings. The number of hydrogen-bond donors (Lipinski definition) is 1. The number of hydrogen-bond acceptors (Lipinski definition) is 3. The minimum atomic E-state index is -4.65. The molecule has 0 saturated carbocycles. The Morgan fingerprint density at radius 3 is 2.71 bits per heavy atom. The second-order valence-electron chi connectivity index (χ2n) is 4.04. The van der Waals surface area contributed by atoms with Crippen LogP contribution in [0.5, 0.6) is 5.75 Å². The lowest BCUT2D eigenvalue weighted by atomic mass is 10.3. The molecule has 1 heterocycles. The van der Waals surface area contributed by atoms with Gasteiger partial charge in [-0.3, -0.25) is 0 Å². The predicted molar refractivity (Wildman–Crippen MR) is 57.9 cm³/mol. The lowest BCUT2D eigenvalue weighted by Gasteiger charge is -2.19. The molecule has 3 nitrogen and oxygen atoms in total. The summed E-state index contributed by atoms with van der Waals surface area (Å²) in [4.78, 5) is 1.95. The molecule has 0 radical (unpaired) electrons. The Kier molecular flexibility index (Phi) is 3.15. The maximum Gasteiger partial charge on any atom is 0.573 e. The van der Waals surface area contributed by atoms with E-state index < -0.39 is 6.36 Å². The minimum absolute atomic E-state index is 0.0854. The van der Waals surface area contributed by atoms with Gasteiger partial charge in [-0.25, -0.2) is 0 Å². The first-order valence-electron chi connectivity index (χ1n) is 5.30. The summed E-state index contributed by atoms with van der Waals surface area (Å²) in [5, 5.41) is 0. The molecule has 1 atom stereocenters. The summed E-state index contributed by atoms with van der Waals surface area (Å²) in [6, 6.07) is 6.04. The summed E-state index contributed by atoms with van der Waals surface area (Å²) in [7, 11) is 0. The molecule has 2 rings (SSSR count). The molecular weight excluding hydrogens is 233 g/mol. The van der Waals surface area contributed by atoms with Gasteiger partial charge in [0.05, 0.1) is 0 Å². The van der Waals surface area contributed by atoms with Gasteiger partial charge in [-0.1, -0.05) is 6.07 Å². The van der Waals surface area contributed by atoms with E-state index in [1.165, 1.54) is 12.1 Å². The van der Waals surface area contributed by atoms with Gasteiger partial charge >= 0.3 is 6.36 Å². The van der Waals surface area contributed by atoms with E-state index in [1.54, 1.807) is 12.1 Å². The van der Waals surface area contributed by atoms with E-state index in [0.29, 0.717) is 12.2 Å². The summed E-state index contributed by atoms with van der Waals surface area (Å²) < 4.78 is 40.0. The molecule has 17 heavy (non-hydrogen) atoms. The largest absolute Gasteiger partial charge is 0.573 e. The number of halogens is 3. The van der Waals surface area contributed by atoms with Gasteiger partial charge in [0.25, 0.3) is 0 Å². The Labute approximate surface area is 97.0 Å². The van der Waals surface area contributed by atoms with Gasteiger partial charge in [0.2, 0.25) is 0 Å². The van der Waals surface area contributed by atoms with Crippen LogP contribution in [-0.2, 0) is 0 Å². The van der Waals surface area contributed by atoms with Crippen LogP contribution in [0.4, 0.5) is 18.9 Å². The van der Waals surface area contributed by atoms with Crippen LogP contribution in [0.25, 0.3) is 0 Å². The van der Waals surface area contributed by atoms with Crippen LogP contribution in [-0.4, -0.2) is 25.5 Å². The van der Waals surface area contributed by atoms with Crippen molar-refractivity contribution in [3.8, 4) is 5.75 Å². The van der Waals surface area contributed by atoms with Gasteiger partial charge in [-0.15, -0.1) is 13.2 Å². The topological polar surface area (TPSA) is 38.5 Å². The highest BCUT2D eigenvalue weighted by molar-refractivity contribution is 5.51. The number of ether oxygens (including phenoxy) is 1. The van der Waals surface area contributed by atoms with Crippen molar-refractivity contribution in [2.45, 2.75) is 18.8 Å². The van der Waals surface area contributed by atoms with Gasteiger partial charge in [0.1, 0.15) is 5.75 Å². The number of nitrogens with two attached hydrogens (primary N) is 1. The quantitative estimate of drug-likeness (QED) is 0.868. The highest BCUT2D eigenvalue weighted by Gasteiger charge is 2.31. The fourth-order valence-electron chi connectivity index (χ4n) is 1.90. The lowest BCUT2D eigenvalue weighted by molar-refractivity contribution is -0.274. The average Bonchev–Trinajstić information content (AvgIpc) is 2.63. The predicted octanol–water partition coefficient (Wildman–Crippen LogP) is 2.12. The molecule has 6 heteroatoms. The van der Waals surface area contributed by atoms with Crippen molar-refractivity contribution in [2.24, 2.45) is 5.73 Å². The van der Waals surface area contributed by atoms with Crippen molar-refractivity contribution in [3.63, 3.8) is 0 Å². The van der Waals surface area contributed by atoms with E-state index in [1.807, 2.05) is 4.90 Å². The Morgan fingerprint density at radius 1 is 1.35 bits per heavy atom. The molecule has 0 bridgehead atoms. The normalized spacial score (nSPS) is 20.7. The molecule has 0 unspecified atom stereocenters. The molecule has 1 aliphatic rings. The summed E-state index contributed by atoms with van der Waals surface area (Å²) >= 11 is 0. The molecule has 1 aromatic rings. The molecular formula is C11H13F3N2O. The Hall–Kier alpha value is -1.43. The van der Waals surface area contributed by atoms with Crippen LogP contribution in [0, 0.1) is 0 Å². The molecule has 0 spiro atoms. The zero-order chi connectivity index (χ0) is 12.5. The third kappa shape index (κ3) is 3.26. The summed E-state index contributed by atoms with van der Waals surface area (Å²) in [6.45, 7) is 1.42. The third-order valence-corrected chi connectivity index (χ3v) is 2.64. The molecule has 1 aromatic carbocycles. The lowest BCUT2D eigenvalue weighted by Crippen LogP contribution is -2.26. The summed E-state index contributed by atoms with van der Waals surface area (Å²) in [5.41, 5.74) is 6.46. The highest BCUT2D eigenvalue weighted by atomic mass is 19.4. The van der Waals surface area contributed by atoms with Crippen LogP contribution in [0.1, 0.15) is 6.42 Å². The smallest absolute Gasteiger partial charge is 0.406 e. The number of rotatable bonds is 2. The fraction of sp³-hybridized carbons (Fsp3) is 0.455. The van der Waals surface area contributed by atoms with Crippen LogP contribution in [0.15, 0.2) is 24.3 Å². The van der Waals surface area contributed by atoms with E-state index in [2.05, 4.69) is 4.74 Å². The molecule has 0 amide bonds. The molecule has 0 aliphatic carbocycles. The second kappa shape index (κ2) is 4.44. The first-order chi connectivity index (χ1) is 7.94. The number of anilines is 1. The Morgan fingerprint density at radius 2 is 2.12 bits per heavy atom. The van der Waals surface area contributed by atoms with Gasteiger partial charge in [0.15, 0.2) is 0 Å². The molecule has 0 aromatic heterocycles. The standard InChI is InChI=1S/C11H13F3N2O/c12-11(13,14)17-10-3-1-2-9(6-10)16-5-4-8(15)7-16/h1-3,6,8H,4-5,7,15H2/t8-/m1/s1. The van der Waals surface area contributed by atoms with Crippen molar-refractivity contribution < 1.29 is 17.9 Å². The average molecular weight is 246 g/mol. The van der Waals surface area contributed by atoms with Crippen LogP contribution < -0.4 is 15.4 Å². The fourth-order valence-corrected chi connectivity index (χ4v) is 1.90. The van der Waals surface area contributed by atoms with Crippen molar-refractivity contribution in [2.75, 3.05) is 18.0 Å². The zero-order valence-electron chi connectivity index (χ0n) is 9.07. The summed E-state index contributed by atoms with van der Waals surface area (Å²) in [5.74, 6) is -0.199. The first-order valence-corrected chi connectivity index (χ1v) is 5.30. The maximum absolute atomic E-state index is 12.1. The van der Waals surface area contributed by atoms with Crippen molar-refractivity contribution in [1.82, 2.24) is 0 Å². The van der Waals surface area contributed by atoms with E-state index in [4.69, 9.17) is 5.73 Å². The van der Waals surface area contributed by atoms with Crippen molar-refractivity contribution >= 4 is 5.69 Å². The Balaban J connectivity index is 2.11. The van der Waals surface area contributed by atoms with Crippen LogP contribution in [0.3, 0.4) is 0 Å². The highest BCUT2D eigenvalue weighted by Crippen LogP contribution is 2.28. The molecule has 94 valence electrons. The van der Waals surface area contributed by atoms with E-state index in [-0.39, 0.29) is 11.8 Å². The number of nitrogens with zero attached hydrogens (tertiary/aromatic N) is 1. The Bertz CT molecular complexity index is 395. The maximum atomic E-state index is 12.1. The zero-order valence-corrected chi connectivity index (χ0v) is 9.07. The van der Waals surface area contributed by atoms with Crippen LogP contribution >= 0.6 is 0 Å². The minimum Gasteiger partial charge on any atom is -0.406 e. The van der Waals surface area contributed by atoms with Crippen LogP contribution in [0.2, 0.25) is 0 Å². The SMILES string of the molecule is N[C@@H]1CCN(c2cccc(OC(F)(F)F)c2)C1. The monoisotopic (exact) mass is 246 g/mol. The molecule has 1 aliphatic heterocycles. The van der Waals surface area contributed by atoms with Crippen molar-refractivity contribution in [3.05, 3.63) is 24.3 Å².